The van der Waals surface area contributed by atoms with Gasteiger partial charge in [-0.05, 0) is 0 Å². The van der Waals surface area contributed by atoms with Crippen molar-refractivity contribution in [3.05, 3.63) is 5.32 Å². The van der Waals surface area contributed by atoms with Gasteiger partial charge in [-0.15, -0.1) is 0 Å². The summed E-state index contributed by atoms with van der Waals surface area (Å²) in [5.41, 5.74) is 0. The third-order valence-corrected chi connectivity index (χ3v) is 0.447. The van der Waals surface area contributed by atoms with Gasteiger partial charge in [0.05, 0.1) is 0 Å². The molecule has 0 radical (unpaired) electrons. The molecule has 0 aliphatic heterocycles. The molecule has 1 nitrogen and oxygen atoms in total. The average Bonchev–Trinajstić information content (AvgIpc) is 1.41. The summed E-state index contributed by atoms with van der Waals surface area (Å²) in [5.74, 6) is 0. The summed E-state index contributed by atoms with van der Waals surface area (Å²) in [5, 5.41) is 3.97. The van der Waals surface area contributed by atoms with E-state index in [1.54, 1.807) is 0 Å². The van der Waals surface area contributed by atoms with Gasteiger partial charge in [-0.1, -0.05) is 13.8 Å². The van der Waals surface area contributed by atoms with Crippen LogP contribution in [-0.2, 0) is 19.5 Å². The molecule has 0 bridgehead atoms. The Morgan fingerprint density at radius 3 is 1.50 bits per heavy atom. The summed E-state index contributed by atoms with van der Waals surface area (Å²) in [4.78, 5) is 0. The van der Waals surface area contributed by atoms with Gasteiger partial charge in [0.25, 0.3) is 0 Å². The fourth-order valence-corrected chi connectivity index (χ4v) is 0.224. The van der Waals surface area contributed by atoms with Crippen LogP contribution >= 0.6 is 0 Å². The van der Waals surface area contributed by atoms with Crippen LogP contribution in [0.25, 0.3) is 5.32 Å². The fraction of sp³-hybridized carbons (Fsp3) is 1.00. The van der Waals surface area contributed by atoms with Crippen molar-refractivity contribution >= 4 is 0 Å². The quantitative estimate of drug-likeness (QED) is 0.511. The summed E-state index contributed by atoms with van der Waals surface area (Å²) < 4.78 is 0. The van der Waals surface area contributed by atoms with E-state index in [1.165, 1.54) is 0 Å². The maximum Gasteiger partial charge on any atom is 0 e. The van der Waals surface area contributed by atoms with Crippen LogP contribution in [0.4, 0.5) is 0 Å². The first kappa shape index (κ1) is 9.77. The van der Waals surface area contributed by atoms with Gasteiger partial charge >= 0.3 is 0 Å². The van der Waals surface area contributed by atoms with Crippen molar-refractivity contribution in [3.8, 4) is 0 Å². The molecule has 6 heavy (non-hydrogen) atoms. The zero-order valence-electron chi connectivity index (χ0n) is 4.57. The third-order valence-electron chi connectivity index (χ3n) is 0.447. The Balaban J connectivity index is 0. The molecular formula is C4H10NZn-. The summed E-state index contributed by atoms with van der Waals surface area (Å²) >= 11 is 0. The molecule has 0 saturated carbocycles. The smallest absolute Gasteiger partial charge is 0 e. The van der Waals surface area contributed by atoms with Gasteiger partial charge < -0.3 is 5.32 Å². The van der Waals surface area contributed by atoms with E-state index in [0.29, 0.717) is 0 Å². The Kier molecular flexibility index (Phi) is 14.9. The maximum atomic E-state index is 3.97. The van der Waals surface area contributed by atoms with Crippen LogP contribution in [-0.4, -0.2) is 13.1 Å². The Bertz CT molecular complexity index is 15.0. The summed E-state index contributed by atoms with van der Waals surface area (Å²) in [6.45, 7) is 6.03. The van der Waals surface area contributed by atoms with Crippen molar-refractivity contribution < 1.29 is 19.5 Å². The standard InChI is InChI=1S/C4H10N.Zn/c1-3-5-4-2;/h3-4H2,1-2H3;/q-1;. The maximum absolute atomic E-state index is 3.97. The van der Waals surface area contributed by atoms with E-state index >= 15 is 0 Å². The van der Waals surface area contributed by atoms with E-state index < -0.39 is 0 Å². The zero-order chi connectivity index (χ0) is 4.12. The van der Waals surface area contributed by atoms with Gasteiger partial charge in [-0.3, -0.25) is 0 Å². The molecule has 0 N–H and O–H groups in total. The minimum Gasteiger partial charge on any atom is -0.663 e. The Morgan fingerprint density at radius 2 is 1.50 bits per heavy atom. The SMILES string of the molecule is CC[N-]CC.[Zn]. The van der Waals surface area contributed by atoms with Crippen LogP contribution < -0.4 is 0 Å². The molecule has 0 aliphatic carbocycles. The van der Waals surface area contributed by atoms with Gasteiger partial charge in [-0.2, -0.15) is 13.1 Å². The van der Waals surface area contributed by atoms with Crippen LogP contribution in [0.15, 0.2) is 0 Å². The number of hydrogen-bond acceptors (Lipinski definition) is 0. The van der Waals surface area contributed by atoms with Crippen LogP contribution in [0.2, 0.25) is 0 Å². The van der Waals surface area contributed by atoms with Gasteiger partial charge in [0.1, 0.15) is 0 Å². The second-order valence-corrected chi connectivity index (χ2v) is 0.856. The molecule has 0 aromatic heterocycles. The Hall–Kier alpha value is 0.583. The molecule has 0 heterocycles. The monoisotopic (exact) mass is 136 g/mol. The van der Waals surface area contributed by atoms with E-state index in [2.05, 4.69) is 5.32 Å². The molecule has 0 fully saturated rings. The first-order valence-electron chi connectivity index (χ1n) is 2.05. The van der Waals surface area contributed by atoms with Gasteiger partial charge in [-0.25, -0.2) is 0 Å². The topological polar surface area (TPSA) is 14.1 Å². The zero-order valence-corrected chi connectivity index (χ0v) is 7.54. The number of rotatable bonds is 2. The molecule has 0 rings (SSSR count). The Morgan fingerprint density at radius 1 is 1.17 bits per heavy atom. The molecule has 0 aromatic carbocycles. The Labute approximate surface area is 52.3 Å². The normalized spacial score (nSPS) is 7.00. The summed E-state index contributed by atoms with van der Waals surface area (Å²) in [6.07, 6.45) is 0. The average molecular weight is 138 g/mol. The summed E-state index contributed by atoms with van der Waals surface area (Å²) in [6, 6.07) is 0. The largest absolute Gasteiger partial charge is 0.663 e. The predicted molar refractivity (Wildman–Crippen MR) is 24.4 cm³/mol. The second kappa shape index (κ2) is 9.13. The second-order valence-electron chi connectivity index (χ2n) is 0.856. The van der Waals surface area contributed by atoms with Crippen molar-refractivity contribution in [3.63, 3.8) is 0 Å². The molecule has 0 amide bonds. The van der Waals surface area contributed by atoms with E-state index in [1.807, 2.05) is 13.8 Å². The number of hydrogen-bond donors (Lipinski definition) is 0. The van der Waals surface area contributed by atoms with Crippen molar-refractivity contribution in [1.82, 2.24) is 0 Å². The molecular weight excluding hydrogens is 127 g/mol. The van der Waals surface area contributed by atoms with Crippen molar-refractivity contribution in [2.24, 2.45) is 0 Å². The van der Waals surface area contributed by atoms with Crippen LogP contribution in [0.3, 0.4) is 0 Å². The van der Waals surface area contributed by atoms with Crippen LogP contribution in [0, 0.1) is 0 Å². The van der Waals surface area contributed by atoms with Crippen LogP contribution in [0.5, 0.6) is 0 Å². The molecule has 2 heteroatoms. The van der Waals surface area contributed by atoms with E-state index in [4.69, 9.17) is 0 Å². The summed E-state index contributed by atoms with van der Waals surface area (Å²) in [7, 11) is 0. The molecule has 0 aromatic rings. The molecule has 0 spiro atoms. The minimum absolute atomic E-state index is 0. The van der Waals surface area contributed by atoms with E-state index in [-0.39, 0.29) is 19.5 Å². The van der Waals surface area contributed by atoms with Crippen molar-refractivity contribution in [1.29, 1.82) is 0 Å². The third kappa shape index (κ3) is 8.82. The predicted octanol–water partition coefficient (Wildman–Crippen LogP) is 1.40. The molecule has 34 valence electrons. The molecule has 0 aliphatic rings. The first-order chi connectivity index (χ1) is 2.41. The molecule has 0 unspecified atom stereocenters. The van der Waals surface area contributed by atoms with Crippen molar-refractivity contribution in [2.75, 3.05) is 13.1 Å². The van der Waals surface area contributed by atoms with Gasteiger partial charge in [0, 0.05) is 19.5 Å². The molecule has 0 atom stereocenters. The van der Waals surface area contributed by atoms with E-state index in [9.17, 15) is 0 Å². The van der Waals surface area contributed by atoms with E-state index in [0.717, 1.165) is 13.1 Å². The van der Waals surface area contributed by atoms with Crippen molar-refractivity contribution in [2.45, 2.75) is 13.8 Å². The first-order valence-corrected chi connectivity index (χ1v) is 2.05. The van der Waals surface area contributed by atoms with Crippen LogP contribution in [0.1, 0.15) is 13.8 Å². The van der Waals surface area contributed by atoms with Gasteiger partial charge in [0.2, 0.25) is 0 Å². The minimum atomic E-state index is 0. The van der Waals surface area contributed by atoms with Gasteiger partial charge in [0.15, 0.2) is 0 Å². The fourth-order valence-electron chi connectivity index (χ4n) is 0.224. The number of nitrogens with zero attached hydrogens (tertiary/aromatic N) is 1. The molecule has 0 saturated heterocycles.